The molecule has 6 heteroatoms. The summed E-state index contributed by atoms with van der Waals surface area (Å²) in [4.78, 5) is 14.2. The molecule has 0 saturated carbocycles. The minimum atomic E-state index is -4.86. The molecule has 78 valence electrons. The second-order valence-electron chi connectivity index (χ2n) is 3.08. The van der Waals surface area contributed by atoms with Crippen LogP contribution in [0.4, 0.5) is 13.2 Å². The van der Waals surface area contributed by atoms with Crippen molar-refractivity contribution in [2.24, 2.45) is 0 Å². The molecule has 1 rings (SSSR count). The van der Waals surface area contributed by atoms with Crippen LogP contribution in [0, 0.1) is 0 Å². The molecular weight excluding hydrogens is 197 g/mol. The van der Waals surface area contributed by atoms with Gasteiger partial charge in [0.2, 0.25) is 0 Å². The van der Waals surface area contributed by atoms with Gasteiger partial charge in [-0.15, -0.1) is 0 Å². The van der Waals surface area contributed by atoms with Crippen molar-refractivity contribution in [2.45, 2.75) is 26.1 Å². The lowest BCUT2D eigenvalue weighted by atomic mass is 10.3. The third-order valence-corrected chi connectivity index (χ3v) is 1.69. The largest absolute Gasteiger partial charge is 0.458 e. The number of nitrogens with zero attached hydrogens (tertiary/aromatic N) is 2. The van der Waals surface area contributed by atoms with E-state index in [1.807, 2.05) is 0 Å². The molecule has 0 radical (unpaired) electrons. The van der Waals surface area contributed by atoms with Gasteiger partial charge in [-0.05, 0) is 13.8 Å². The second-order valence-corrected chi connectivity index (χ2v) is 3.08. The van der Waals surface area contributed by atoms with E-state index in [1.165, 1.54) is 17.0 Å². The van der Waals surface area contributed by atoms with Gasteiger partial charge in [0.1, 0.15) is 0 Å². The fraction of sp³-hybridized carbons (Fsp3) is 0.500. The van der Waals surface area contributed by atoms with Crippen LogP contribution in [0.1, 0.15) is 30.5 Å². The minimum absolute atomic E-state index is 0.223. The summed E-state index contributed by atoms with van der Waals surface area (Å²) in [6, 6.07) is -0.223. The highest BCUT2D eigenvalue weighted by Crippen LogP contribution is 2.21. The van der Waals surface area contributed by atoms with Crippen LogP contribution in [0.25, 0.3) is 0 Å². The van der Waals surface area contributed by atoms with Crippen molar-refractivity contribution in [2.75, 3.05) is 0 Å². The molecule has 0 aromatic carbocycles. The van der Waals surface area contributed by atoms with E-state index in [0.29, 0.717) is 0 Å². The SMILES string of the molecule is CC(C)n1ccnc1C(=O)C(F)(F)F. The van der Waals surface area contributed by atoms with Crippen LogP contribution in [0.3, 0.4) is 0 Å². The maximum Gasteiger partial charge on any atom is 0.458 e. The molecule has 1 aromatic heterocycles. The number of ketones is 1. The summed E-state index contributed by atoms with van der Waals surface area (Å²) in [5, 5.41) is 0. The van der Waals surface area contributed by atoms with Gasteiger partial charge < -0.3 is 4.57 Å². The zero-order valence-electron chi connectivity index (χ0n) is 7.67. The Morgan fingerprint density at radius 1 is 1.50 bits per heavy atom. The Kier molecular flexibility index (Phi) is 2.64. The van der Waals surface area contributed by atoms with Crippen molar-refractivity contribution in [1.29, 1.82) is 0 Å². The van der Waals surface area contributed by atoms with Gasteiger partial charge in [0.15, 0.2) is 5.82 Å². The van der Waals surface area contributed by atoms with Crippen molar-refractivity contribution in [1.82, 2.24) is 9.55 Å². The molecule has 0 N–H and O–H groups in total. The van der Waals surface area contributed by atoms with Crippen molar-refractivity contribution in [3.05, 3.63) is 18.2 Å². The average Bonchev–Trinajstić information content (AvgIpc) is 2.48. The predicted molar refractivity (Wildman–Crippen MR) is 43.0 cm³/mol. The Balaban J connectivity index is 3.08. The zero-order chi connectivity index (χ0) is 10.9. The minimum Gasteiger partial charge on any atom is -0.326 e. The number of imidazole rings is 1. The van der Waals surface area contributed by atoms with Crippen LogP contribution in [0.15, 0.2) is 12.4 Å². The molecule has 0 amide bonds. The van der Waals surface area contributed by atoms with E-state index >= 15 is 0 Å². The Morgan fingerprint density at radius 2 is 2.07 bits per heavy atom. The molecule has 14 heavy (non-hydrogen) atoms. The van der Waals surface area contributed by atoms with E-state index in [9.17, 15) is 18.0 Å². The van der Waals surface area contributed by atoms with Gasteiger partial charge in [0.05, 0.1) is 0 Å². The number of carbonyl (C=O) groups excluding carboxylic acids is 1. The molecule has 0 aliphatic rings. The summed E-state index contributed by atoms with van der Waals surface area (Å²) in [7, 11) is 0. The normalized spacial score (nSPS) is 12.1. The topological polar surface area (TPSA) is 34.9 Å². The van der Waals surface area contributed by atoms with Gasteiger partial charge in [0.25, 0.3) is 0 Å². The molecule has 0 aliphatic heterocycles. The zero-order valence-corrected chi connectivity index (χ0v) is 7.67. The number of aromatic nitrogens is 2. The van der Waals surface area contributed by atoms with Crippen LogP contribution in [0.2, 0.25) is 0 Å². The molecule has 0 bridgehead atoms. The lowest BCUT2D eigenvalue weighted by Crippen LogP contribution is -2.26. The monoisotopic (exact) mass is 206 g/mol. The molecule has 1 aromatic rings. The third-order valence-electron chi connectivity index (χ3n) is 1.69. The van der Waals surface area contributed by atoms with Crippen molar-refractivity contribution >= 4 is 5.78 Å². The summed E-state index contributed by atoms with van der Waals surface area (Å²) in [5.41, 5.74) is 0. The maximum atomic E-state index is 12.1. The number of rotatable bonds is 2. The molecule has 3 nitrogen and oxygen atoms in total. The number of hydrogen-bond acceptors (Lipinski definition) is 2. The highest BCUT2D eigenvalue weighted by Gasteiger charge is 2.42. The van der Waals surface area contributed by atoms with Gasteiger partial charge >= 0.3 is 12.0 Å². The Hall–Kier alpha value is -1.33. The Morgan fingerprint density at radius 3 is 2.50 bits per heavy atom. The predicted octanol–water partition coefficient (Wildman–Crippen LogP) is 2.21. The molecule has 0 aliphatic carbocycles. The number of alkyl halides is 3. The van der Waals surface area contributed by atoms with E-state index in [0.717, 1.165) is 0 Å². The molecule has 0 spiro atoms. The maximum absolute atomic E-state index is 12.1. The summed E-state index contributed by atoms with van der Waals surface area (Å²) in [6.45, 7) is 3.35. The number of carbonyl (C=O) groups is 1. The summed E-state index contributed by atoms with van der Waals surface area (Å²) < 4.78 is 37.3. The molecular formula is C8H9F3N2O. The smallest absolute Gasteiger partial charge is 0.326 e. The van der Waals surface area contributed by atoms with E-state index in [1.54, 1.807) is 13.8 Å². The van der Waals surface area contributed by atoms with Crippen LogP contribution in [0.5, 0.6) is 0 Å². The number of halogens is 3. The first-order valence-electron chi connectivity index (χ1n) is 3.98. The highest BCUT2D eigenvalue weighted by molar-refractivity contribution is 5.97. The Labute approximate surface area is 78.6 Å². The lowest BCUT2D eigenvalue weighted by Gasteiger charge is -2.11. The van der Waals surface area contributed by atoms with Crippen LogP contribution in [-0.2, 0) is 0 Å². The first-order valence-corrected chi connectivity index (χ1v) is 3.98. The van der Waals surface area contributed by atoms with Crippen LogP contribution in [-0.4, -0.2) is 21.5 Å². The van der Waals surface area contributed by atoms with Crippen molar-refractivity contribution in [3.63, 3.8) is 0 Å². The Bertz CT molecular complexity index is 341. The van der Waals surface area contributed by atoms with Gasteiger partial charge in [-0.3, -0.25) is 4.79 Å². The molecule has 0 atom stereocenters. The first-order chi connectivity index (χ1) is 6.34. The van der Waals surface area contributed by atoms with Crippen LogP contribution >= 0.6 is 0 Å². The first kappa shape index (κ1) is 10.7. The van der Waals surface area contributed by atoms with E-state index < -0.39 is 17.8 Å². The van der Waals surface area contributed by atoms with Crippen molar-refractivity contribution < 1.29 is 18.0 Å². The summed E-state index contributed by atoms with van der Waals surface area (Å²) >= 11 is 0. The van der Waals surface area contributed by atoms with Gasteiger partial charge in [0, 0.05) is 18.4 Å². The standard InChI is InChI=1S/C8H9F3N2O/c1-5(2)13-4-3-12-7(13)6(14)8(9,10)11/h3-5H,1-2H3. The lowest BCUT2D eigenvalue weighted by molar-refractivity contribution is -0.0894. The molecule has 0 saturated heterocycles. The fourth-order valence-corrected chi connectivity index (χ4v) is 1.03. The second kappa shape index (κ2) is 3.43. The van der Waals surface area contributed by atoms with Gasteiger partial charge in [-0.1, -0.05) is 0 Å². The number of hydrogen-bond donors (Lipinski definition) is 0. The summed E-state index contributed by atoms with van der Waals surface area (Å²) in [5.74, 6) is -2.47. The van der Waals surface area contributed by atoms with E-state index in [-0.39, 0.29) is 6.04 Å². The highest BCUT2D eigenvalue weighted by atomic mass is 19.4. The van der Waals surface area contributed by atoms with E-state index in [2.05, 4.69) is 4.98 Å². The summed E-state index contributed by atoms with van der Waals surface area (Å²) in [6.07, 6.45) is -2.33. The van der Waals surface area contributed by atoms with E-state index in [4.69, 9.17) is 0 Å². The van der Waals surface area contributed by atoms with Crippen molar-refractivity contribution in [3.8, 4) is 0 Å². The van der Waals surface area contributed by atoms with Crippen LogP contribution < -0.4 is 0 Å². The average molecular weight is 206 g/mol. The van der Waals surface area contributed by atoms with Gasteiger partial charge in [-0.2, -0.15) is 13.2 Å². The quantitative estimate of drug-likeness (QED) is 0.695. The number of Topliss-reactive ketones (excluding diaryl/α,β-unsaturated/α-hetero) is 1. The molecule has 1 heterocycles. The third kappa shape index (κ3) is 1.94. The fourth-order valence-electron chi connectivity index (χ4n) is 1.03. The molecule has 0 unspecified atom stereocenters. The van der Waals surface area contributed by atoms with Gasteiger partial charge in [-0.25, -0.2) is 4.98 Å². The molecule has 0 fully saturated rings.